The van der Waals surface area contributed by atoms with Crippen molar-refractivity contribution in [1.82, 2.24) is 5.32 Å². The molecule has 4 heteroatoms. The highest BCUT2D eigenvalue weighted by atomic mass is 19.1. The Hall–Kier alpha value is -1.16. The van der Waals surface area contributed by atoms with E-state index >= 15 is 0 Å². The van der Waals surface area contributed by atoms with Gasteiger partial charge in [0.2, 0.25) is 0 Å². The Morgan fingerprint density at radius 3 is 2.62 bits per heavy atom. The van der Waals surface area contributed by atoms with Crippen molar-refractivity contribution in [2.75, 3.05) is 24.5 Å². The summed E-state index contributed by atoms with van der Waals surface area (Å²) in [5.41, 5.74) is 0.543. The highest BCUT2D eigenvalue weighted by Gasteiger charge is 2.27. The highest BCUT2D eigenvalue weighted by Crippen LogP contribution is 2.29. The summed E-state index contributed by atoms with van der Waals surface area (Å²) < 4.78 is 27.1. The van der Waals surface area contributed by atoms with Gasteiger partial charge in [0.05, 0.1) is 5.69 Å². The van der Waals surface area contributed by atoms with Gasteiger partial charge in [0, 0.05) is 25.2 Å². The summed E-state index contributed by atoms with van der Waals surface area (Å²) >= 11 is 0. The van der Waals surface area contributed by atoms with Crippen molar-refractivity contribution >= 4 is 5.69 Å². The molecule has 0 amide bonds. The van der Waals surface area contributed by atoms with Crippen LogP contribution in [0.25, 0.3) is 0 Å². The maximum Gasteiger partial charge on any atom is 0.149 e. The molecule has 0 spiro atoms. The molecule has 2 fully saturated rings. The van der Waals surface area contributed by atoms with E-state index in [1.807, 2.05) is 0 Å². The molecular formula is C17H24F2N2. The smallest absolute Gasteiger partial charge is 0.149 e. The molecule has 3 rings (SSSR count). The van der Waals surface area contributed by atoms with Gasteiger partial charge in [-0.2, -0.15) is 0 Å². The molecule has 1 saturated carbocycles. The number of hydrogen-bond acceptors (Lipinski definition) is 2. The van der Waals surface area contributed by atoms with Crippen LogP contribution in [0.3, 0.4) is 0 Å². The second-order valence-corrected chi connectivity index (χ2v) is 6.35. The number of hydrogen-bond donors (Lipinski definition) is 1. The molecule has 1 aromatic carbocycles. The first kappa shape index (κ1) is 14.8. The largest absolute Gasteiger partial charge is 0.368 e. The highest BCUT2D eigenvalue weighted by molar-refractivity contribution is 5.48. The quantitative estimate of drug-likeness (QED) is 0.894. The fourth-order valence-corrected chi connectivity index (χ4v) is 3.76. The Morgan fingerprint density at radius 1 is 1.05 bits per heavy atom. The standard InChI is InChI=1S/C17H24F2N2/c18-14-7-8-17(15(19)11-14)21-10-4-9-20-16(12-21)13-5-2-1-3-6-13/h7-8,11,13,16,20H,1-6,9-10,12H2. The van der Waals surface area contributed by atoms with Crippen molar-refractivity contribution in [2.45, 2.75) is 44.6 Å². The van der Waals surface area contributed by atoms with E-state index in [1.165, 1.54) is 38.2 Å². The molecule has 0 aromatic heterocycles. The molecule has 1 saturated heterocycles. The lowest BCUT2D eigenvalue weighted by Gasteiger charge is -2.33. The summed E-state index contributed by atoms with van der Waals surface area (Å²) in [5.74, 6) is -0.254. The zero-order valence-electron chi connectivity index (χ0n) is 12.5. The molecule has 1 N–H and O–H groups in total. The third kappa shape index (κ3) is 3.54. The summed E-state index contributed by atoms with van der Waals surface area (Å²) in [6.07, 6.45) is 7.52. The number of rotatable bonds is 2. The van der Waals surface area contributed by atoms with E-state index in [0.29, 0.717) is 17.6 Å². The molecule has 1 aromatic rings. The number of benzene rings is 1. The Labute approximate surface area is 125 Å². The number of nitrogens with zero attached hydrogens (tertiary/aromatic N) is 1. The van der Waals surface area contributed by atoms with E-state index in [-0.39, 0.29) is 0 Å². The maximum atomic E-state index is 14.0. The summed E-state index contributed by atoms with van der Waals surface area (Å²) in [7, 11) is 0. The average Bonchev–Trinajstić information content (AvgIpc) is 2.74. The van der Waals surface area contributed by atoms with Crippen LogP contribution >= 0.6 is 0 Å². The van der Waals surface area contributed by atoms with Gasteiger partial charge >= 0.3 is 0 Å². The fraction of sp³-hybridized carbons (Fsp3) is 0.647. The minimum Gasteiger partial charge on any atom is -0.368 e. The minimum atomic E-state index is -0.506. The van der Waals surface area contributed by atoms with Crippen LogP contribution in [0.15, 0.2) is 18.2 Å². The van der Waals surface area contributed by atoms with Gasteiger partial charge in [-0.15, -0.1) is 0 Å². The van der Waals surface area contributed by atoms with Crippen molar-refractivity contribution < 1.29 is 8.78 Å². The van der Waals surface area contributed by atoms with E-state index in [1.54, 1.807) is 6.07 Å². The topological polar surface area (TPSA) is 15.3 Å². The molecule has 116 valence electrons. The van der Waals surface area contributed by atoms with Gasteiger partial charge in [0.15, 0.2) is 0 Å². The molecular weight excluding hydrogens is 270 g/mol. The predicted molar refractivity (Wildman–Crippen MR) is 81.6 cm³/mol. The van der Waals surface area contributed by atoms with Crippen LogP contribution in [0.1, 0.15) is 38.5 Å². The number of nitrogens with one attached hydrogen (secondary N) is 1. The van der Waals surface area contributed by atoms with Gasteiger partial charge in [0.1, 0.15) is 11.6 Å². The van der Waals surface area contributed by atoms with Gasteiger partial charge in [-0.1, -0.05) is 19.3 Å². The maximum absolute atomic E-state index is 14.0. The SMILES string of the molecule is Fc1ccc(N2CCCNC(C3CCCCC3)C2)c(F)c1. The van der Waals surface area contributed by atoms with Crippen molar-refractivity contribution in [3.63, 3.8) is 0 Å². The molecule has 1 atom stereocenters. The molecule has 0 radical (unpaired) electrons. The average molecular weight is 294 g/mol. The molecule has 1 heterocycles. The summed E-state index contributed by atoms with van der Waals surface area (Å²) in [4.78, 5) is 2.09. The zero-order chi connectivity index (χ0) is 14.7. The molecule has 2 nitrogen and oxygen atoms in total. The van der Waals surface area contributed by atoms with E-state index in [4.69, 9.17) is 0 Å². The Balaban J connectivity index is 1.75. The first-order valence-corrected chi connectivity index (χ1v) is 8.17. The van der Waals surface area contributed by atoms with Gasteiger partial charge in [-0.05, 0) is 43.9 Å². The third-order valence-corrected chi connectivity index (χ3v) is 4.90. The normalized spacial score (nSPS) is 24.9. The van der Waals surface area contributed by atoms with Crippen LogP contribution in [-0.2, 0) is 0 Å². The second-order valence-electron chi connectivity index (χ2n) is 6.35. The molecule has 0 bridgehead atoms. The second kappa shape index (κ2) is 6.73. The first-order valence-electron chi connectivity index (χ1n) is 8.17. The van der Waals surface area contributed by atoms with E-state index in [9.17, 15) is 8.78 Å². The summed E-state index contributed by atoms with van der Waals surface area (Å²) in [6.45, 7) is 2.65. The van der Waals surface area contributed by atoms with Crippen molar-refractivity contribution in [3.05, 3.63) is 29.8 Å². The van der Waals surface area contributed by atoms with Gasteiger partial charge in [-0.3, -0.25) is 0 Å². The molecule has 21 heavy (non-hydrogen) atoms. The van der Waals surface area contributed by atoms with Crippen LogP contribution in [0.4, 0.5) is 14.5 Å². The van der Waals surface area contributed by atoms with Crippen molar-refractivity contribution in [3.8, 4) is 0 Å². The number of halogens is 2. The molecule has 2 aliphatic rings. The van der Waals surface area contributed by atoms with E-state index < -0.39 is 11.6 Å². The lowest BCUT2D eigenvalue weighted by Crippen LogP contribution is -2.44. The monoisotopic (exact) mass is 294 g/mol. The molecule has 1 aliphatic carbocycles. The lowest BCUT2D eigenvalue weighted by molar-refractivity contribution is 0.277. The Bertz CT molecular complexity index is 472. The van der Waals surface area contributed by atoms with Crippen molar-refractivity contribution in [1.29, 1.82) is 0 Å². The van der Waals surface area contributed by atoms with E-state index in [2.05, 4.69) is 10.2 Å². The molecule has 1 aliphatic heterocycles. The fourth-order valence-electron chi connectivity index (χ4n) is 3.76. The summed E-state index contributed by atoms with van der Waals surface area (Å²) in [6, 6.07) is 4.35. The third-order valence-electron chi connectivity index (χ3n) is 4.90. The van der Waals surface area contributed by atoms with Crippen LogP contribution < -0.4 is 10.2 Å². The van der Waals surface area contributed by atoms with Gasteiger partial charge in [-0.25, -0.2) is 8.78 Å². The zero-order valence-corrected chi connectivity index (χ0v) is 12.5. The van der Waals surface area contributed by atoms with Gasteiger partial charge in [0.25, 0.3) is 0 Å². The first-order chi connectivity index (χ1) is 10.2. The lowest BCUT2D eigenvalue weighted by atomic mass is 9.83. The number of anilines is 1. The van der Waals surface area contributed by atoms with E-state index in [0.717, 1.165) is 32.1 Å². The van der Waals surface area contributed by atoms with Crippen molar-refractivity contribution in [2.24, 2.45) is 5.92 Å². The Kier molecular flexibility index (Phi) is 4.73. The van der Waals surface area contributed by atoms with Gasteiger partial charge < -0.3 is 10.2 Å². The van der Waals surface area contributed by atoms with Crippen LogP contribution in [0.2, 0.25) is 0 Å². The van der Waals surface area contributed by atoms with Crippen LogP contribution in [-0.4, -0.2) is 25.7 Å². The Morgan fingerprint density at radius 2 is 1.86 bits per heavy atom. The summed E-state index contributed by atoms with van der Waals surface area (Å²) in [5, 5.41) is 3.64. The predicted octanol–water partition coefficient (Wildman–Crippen LogP) is 3.71. The molecule has 1 unspecified atom stereocenters. The van der Waals surface area contributed by atoms with Crippen LogP contribution in [0.5, 0.6) is 0 Å². The van der Waals surface area contributed by atoms with Crippen LogP contribution in [0, 0.1) is 17.6 Å². The minimum absolute atomic E-state index is 0.428.